The van der Waals surface area contributed by atoms with Gasteiger partial charge < -0.3 is 15.2 Å². The summed E-state index contributed by atoms with van der Waals surface area (Å²) >= 11 is 0. The summed E-state index contributed by atoms with van der Waals surface area (Å²) in [6.45, 7) is 0.799. The third kappa shape index (κ3) is 7.78. The highest BCUT2D eigenvalue weighted by atomic mass is 19.4. The lowest BCUT2D eigenvalue weighted by atomic mass is 10.0. The van der Waals surface area contributed by atoms with Crippen LogP contribution in [-0.2, 0) is 23.5 Å². The molecule has 1 aliphatic carbocycles. The molecule has 0 aliphatic heterocycles. The van der Waals surface area contributed by atoms with Crippen LogP contribution in [0.25, 0.3) is 11.3 Å². The Kier molecular flexibility index (Phi) is 8.74. The van der Waals surface area contributed by atoms with Crippen molar-refractivity contribution in [1.82, 2.24) is 10.3 Å². The van der Waals surface area contributed by atoms with Crippen LogP contribution in [0.5, 0.6) is 0 Å². The van der Waals surface area contributed by atoms with Gasteiger partial charge in [0, 0.05) is 30.3 Å². The van der Waals surface area contributed by atoms with E-state index in [1.165, 1.54) is 6.07 Å². The summed E-state index contributed by atoms with van der Waals surface area (Å²) in [6.07, 6.45) is -8.14. The van der Waals surface area contributed by atoms with Crippen LogP contribution in [0.2, 0.25) is 0 Å². The lowest BCUT2D eigenvalue weighted by Gasteiger charge is -2.23. The molecular formula is C28H28F6N2O2. The normalized spacial score (nSPS) is 15.9. The summed E-state index contributed by atoms with van der Waals surface area (Å²) in [5.41, 5.74) is -1.65. The summed E-state index contributed by atoms with van der Waals surface area (Å²) < 4.78 is 86.0. The zero-order chi connectivity index (χ0) is 27.3. The van der Waals surface area contributed by atoms with Crippen LogP contribution in [0.1, 0.15) is 41.3 Å². The van der Waals surface area contributed by atoms with Crippen molar-refractivity contribution in [3.63, 3.8) is 0 Å². The lowest BCUT2D eigenvalue weighted by molar-refractivity contribution is -0.142. The molecule has 1 unspecified atom stereocenters. The van der Waals surface area contributed by atoms with Crippen LogP contribution >= 0.6 is 0 Å². The highest BCUT2D eigenvalue weighted by molar-refractivity contribution is 5.60. The standard InChI is InChI=1S/C28H28F6N2O2/c29-27(30,31)21-10-8-20(9-11-21)24-13-12-23(26(36-24)28(32,33)34)25(37)15-35-22(17-38-16-19-6-7-19)14-18-4-2-1-3-5-18/h1-5,8-13,19,22,25,35,37H,6-7,14-17H2/t22?,25-/m0/s1. The Morgan fingerprint density at radius 3 is 2.18 bits per heavy atom. The molecule has 2 aromatic carbocycles. The van der Waals surface area contributed by atoms with E-state index in [0.29, 0.717) is 25.6 Å². The van der Waals surface area contributed by atoms with Crippen molar-refractivity contribution >= 4 is 0 Å². The minimum Gasteiger partial charge on any atom is -0.387 e. The van der Waals surface area contributed by atoms with Gasteiger partial charge >= 0.3 is 12.4 Å². The van der Waals surface area contributed by atoms with E-state index in [2.05, 4.69) is 10.3 Å². The average molecular weight is 539 g/mol. The Labute approximate surface area is 216 Å². The molecule has 38 heavy (non-hydrogen) atoms. The molecule has 4 nitrogen and oxygen atoms in total. The number of aliphatic hydroxyl groups is 1. The molecular weight excluding hydrogens is 510 g/mol. The summed E-state index contributed by atoms with van der Waals surface area (Å²) in [7, 11) is 0. The van der Waals surface area contributed by atoms with Gasteiger partial charge in [0.15, 0.2) is 5.69 Å². The number of halogens is 6. The zero-order valence-electron chi connectivity index (χ0n) is 20.4. The molecule has 3 aromatic rings. The number of aromatic nitrogens is 1. The molecule has 2 N–H and O–H groups in total. The molecule has 0 spiro atoms. The fourth-order valence-electron chi connectivity index (χ4n) is 4.09. The minimum absolute atomic E-state index is 0.0957. The Morgan fingerprint density at radius 1 is 0.895 bits per heavy atom. The van der Waals surface area contributed by atoms with Gasteiger partial charge in [-0.15, -0.1) is 0 Å². The Hall–Kier alpha value is -2.95. The van der Waals surface area contributed by atoms with Crippen molar-refractivity contribution in [3.8, 4) is 11.3 Å². The molecule has 1 aliphatic rings. The maximum absolute atomic E-state index is 13.9. The number of hydrogen-bond donors (Lipinski definition) is 2. The molecule has 1 saturated carbocycles. The highest BCUT2D eigenvalue weighted by Crippen LogP contribution is 2.36. The Bertz CT molecular complexity index is 1180. The first-order valence-corrected chi connectivity index (χ1v) is 12.3. The van der Waals surface area contributed by atoms with Crippen LogP contribution in [0.3, 0.4) is 0 Å². The number of hydrogen-bond acceptors (Lipinski definition) is 4. The topological polar surface area (TPSA) is 54.4 Å². The molecule has 2 atom stereocenters. The first-order valence-electron chi connectivity index (χ1n) is 12.3. The molecule has 0 saturated heterocycles. The van der Waals surface area contributed by atoms with Gasteiger partial charge in [-0.25, -0.2) is 4.98 Å². The molecule has 1 aromatic heterocycles. The third-order valence-electron chi connectivity index (χ3n) is 6.36. The predicted octanol–water partition coefficient (Wildman–Crippen LogP) is 6.45. The Balaban J connectivity index is 1.49. The van der Waals surface area contributed by atoms with E-state index in [1.54, 1.807) is 0 Å². The van der Waals surface area contributed by atoms with Gasteiger partial charge in [0.1, 0.15) is 0 Å². The number of alkyl halides is 6. The number of aliphatic hydroxyl groups excluding tert-OH is 1. The predicted molar refractivity (Wildman–Crippen MR) is 130 cm³/mol. The maximum atomic E-state index is 13.9. The molecule has 1 fully saturated rings. The van der Waals surface area contributed by atoms with E-state index in [1.807, 2.05) is 30.3 Å². The fraction of sp³-hybridized carbons (Fsp3) is 0.393. The van der Waals surface area contributed by atoms with Gasteiger partial charge in [0.25, 0.3) is 0 Å². The van der Waals surface area contributed by atoms with Gasteiger partial charge in [0.05, 0.1) is 24.0 Å². The lowest BCUT2D eigenvalue weighted by Crippen LogP contribution is -2.38. The third-order valence-corrected chi connectivity index (χ3v) is 6.36. The van der Waals surface area contributed by atoms with E-state index in [0.717, 1.165) is 48.7 Å². The summed E-state index contributed by atoms with van der Waals surface area (Å²) in [6, 6.07) is 15.4. The molecule has 0 amide bonds. The van der Waals surface area contributed by atoms with Crippen LogP contribution in [0.4, 0.5) is 26.3 Å². The quantitative estimate of drug-likeness (QED) is 0.276. The first-order chi connectivity index (χ1) is 18.0. The average Bonchev–Trinajstić information content (AvgIpc) is 3.71. The van der Waals surface area contributed by atoms with Crippen molar-refractivity contribution in [3.05, 3.63) is 89.1 Å². The van der Waals surface area contributed by atoms with Crippen molar-refractivity contribution in [2.45, 2.75) is 43.8 Å². The number of nitrogens with zero attached hydrogens (tertiary/aromatic N) is 1. The number of benzene rings is 2. The fourth-order valence-corrected chi connectivity index (χ4v) is 4.09. The van der Waals surface area contributed by atoms with Crippen molar-refractivity contribution in [1.29, 1.82) is 0 Å². The van der Waals surface area contributed by atoms with E-state index in [9.17, 15) is 31.4 Å². The van der Waals surface area contributed by atoms with Crippen molar-refractivity contribution < 1.29 is 36.2 Å². The minimum atomic E-state index is -4.88. The van der Waals surface area contributed by atoms with Crippen LogP contribution in [-0.4, -0.2) is 35.9 Å². The molecule has 0 radical (unpaired) electrons. The van der Waals surface area contributed by atoms with Crippen molar-refractivity contribution in [2.24, 2.45) is 5.92 Å². The largest absolute Gasteiger partial charge is 0.433 e. The van der Waals surface area contributed by atoms with Gasteiger partial charge in [-0.1, -0.05) is 48.5 Å². The number of pyridine rings is 1. The number of ether oxygens (including phenoxy) is 1. The zero-order valence-corrected chi connectivity index (χ0v) is 20.4. The van der Waals surface area contributed by atoms with E-state index >= 15 is 0 Å². The second-order valence-corrected chi connectivity index (χ2v) is 9.50. The molecule has 4 rings (SSSR count). The van der Waals surface area contributed by atoms with Gasteiger partial charge in [-0.3, -0.25) is 0 Å². The smallest absolute Gasteiger partial charge is 0.387 e. The Morgan fingerprint density at radius 2 is 1.58 bits per heavy atom. The molecule has 0 bridgehead atoms. The van der Waals surface area contributed by atoms with Gasteiger partial charge in [-0.05, 0) is 48.9 Å². The highest BCUT2D eigenvalue weighted by Gasteiger charge is 2.37. The van der Waals surface area contributed by atoms with Gasteiger partial charge in [0.2, 0.25) is 0 Å². The van der Waals surface area contributed by atoms with E-state index in [-0.39, 0.29) is 23.8 Å². The molecule has 204 valence electrons. The first kappa shape index (κ1) is 28.1. The maximum Gasteiger partial charge on any atom is 0.433 e. The van der Waals surface area contributed by atoms with Crippen LogP contribution < -0.4 is 5.32 Å². The van der Waals surface area contributed by atoms with Gasteiger partial charge in [-0.2, -0.15) is 26.3 Å². The number of nitrogens with one attached hydrogen (secondary N) is 1. The summed E-state index contributed by atoms with van der Waals surface area (Å²) in [5, 5.41) is 13.9. The SMILES string of the molecule is O[C@@H](CNC(COCC1CC1)Cc1ccccc1)c1ccc(-c2ccc(C(F)(F)F)cc2)nc1C(F)(F)F. The van der Waals surface area contributed by atoms with E-state index < -0.39 is 35.3 Å². The van der Waals surface area contributed by atoms with Crippen LogP contribution in [0, 0.1) is 5.92 Å². The summed E-state index contributed by atoms with van der Waals surface area (Å²) in [5.74, 6) is 0.557. The van der Waals surface area contributed by atoms with Crippen LogP contribution in [0.15, 0.2) is 66.7 Å². The number of rotatable bonds is 11. The monoisotopic (exact) mass is 538 g/mol. The molecule has 1 heterocycles. The molecule has 10 heteroatoms. The second kappa shape index (κ2) is 11.8. The van der Waals surface area contributed by atoms with E-state index in [4.69, 9.17) is 4.74 Å². The second-order valence-electron chi connectivity index (χ2n) is 9.50. The summed E-state index contributed by atoms with van der Waals surface area (Å²) in [4.78, 5) is 3.68. The van der Waals surface area contributed by atoms with Crippen molar-refractivity contribution in [2.75, 3.05) is 19.8 Å².